The van der Waals surface area contributed by atoms with Gasteiger partial charge in [-0.05, 0) is 65.6 Å². The summed E-state index contributed by atoms with van der Waals surface area (Å²) >= 11 is 0. The number of aryl methyl sites for hydroxylation is 2. The minimum Gasteiger partial charge on any atom is -0.491 e. The molecule has 214 valence electrons. The number of hydrogen-bond donors (Lipinski definition) is 3. The van der Waals surface area contributed by atoms with Crippen LogP contribution in [0.4, 0.5) is 10.6 Å². The van der Waals surface area contributed by atoms with Crippen molar-refractivity contribution in [2.75, 3.05) is 32.6 Å². The van der Waals surface area contributed by atoms with Crippen molar-refractivity contribution in [3.8, 4) is 28.4 Å². The predicted octanol–water partition coefficient (Wildman–Crippen LogP) is 3.86. The van der Waals surface area contributed by atoms with E-state index in [1.165, 1.54) is 7.11 Å². The molecule has 40 heavy (non-hydrogen) atoms. The number of piperidine rings is 1. The van der Waals surface area contributed by atoms with Crippen molar-refractivity contribution < 1.29 is 23.9 Å². The van der Waals surface area contributed by atoms with Crippen LogP contribution >= 0.6 is 0 Å². The highest BCUT2D eigenvalue weighted by molar-refractivity contribution is 5.75. The molecule has 2 aliphatic rings. The van der Waals surface area contributed by atoms with E-state index < -0.39 is 6.10 Å². The third-order valence-corrected chi connectivity index (χ3v) is 7.85. The summed E-state index contributed by atoms with van der Waals surface area (Å²) in [5.41, 5.74) is 4.07. The van der Waals surface area contributed by atoms with E-state index >= 15 is 0 Å². The zero-order valence-corrected chi connectivity index (χ0v) is 23.7. The summed E-state index contributed by atoms with van der Waals surface area (Å²) in [6.45, 7) is 6.41. The fourth-order valence-corrected chi connectivity index (χ4v) is 5.95. The van der Waals surface area contributed by atoms with E-state index in [0.717, 1.165) is 59.6 Å². The lowest BCUT2D eigenvalue weighted by Crippen LogP contribution is -2.49. The molecule has 2 aromatic heterocycles. The number of carbonyl (C=O) groups is 1. The molecule has 0 aliphatic carbocycles. The first-order chi connectivity index (χ1) is 19.3. The third-order valence-electron chi connectivity index (χ3n) is 7.85. The van der Waals surface area contributed by atoms with Crippen LogP contribution in [0.15, 0.2) is 28.8 Å². The summed E-state index contributed by atoms with van der Waals surface area (Å²) in [6, 6.07) is 8.02. The van der Waals surface area contributed by atoms with Gasteiger partial charge in [0.2, 0.25) is 0 Å². The fraction of sp³-hybridized carbons (Fsp3) is 0.517. The highest BCUT2D eigenvalue weighted by Gasteiger charge is 2.44. The number of amides is 1. The average Bonchev–Trinajstić information content (AvgIpc) is 3.42. The van der Waals surface area contributed by atoms with Crippen molar-refractivity contribution in [1.29, 1.82) is 0 Å². The number of hydrogen-bond acceptors (Lipinski definition) is 10. The van der Waals surface area contributed by atoms with Gasteiger partial charge in [-0.2, -0.15) is 0 Å². The summed E-state index contributed by atoms with van der Waals surface area (Å²) in [5, 5.41) is 20.8. The molecule has 3 aromatic rings. The van der Waals surface area contributed by atoms with E-state index in [1.807, 2.05) is 49.9 Å². The molecule has 2 fully saturated rings. The minimum absolute atomic E-state index is 0.152. The second-order valence-electron chi connectivity index (χ2n) is 10.7. The van der Waals surface area contributed by atoms with Gasteiger partial charge in [-0.1, -0.05) is 17.3 Å². The lowest BCUT2D eigenvalue weighted by Gasteiger charge is -2.38. The number of fused-ring (bicyclic) bond motifs is 2. The van der Waals surface area contributed by atoms with Gasteiger partial charge in [-0.3, -0.25) is 0 Å². The Kier molecular flexibility index (Phi) is 8.22. The number of ether oxygens (including phenoxy) is 2. The van der Waals surface area contributed by atoms with Gasteiger partial charge >= 0.3 is 6.09 Å². The first-order valence-corrected chi connectivity index (χ1v) is 13.8. The molecule has 2 bridgehead atoms. The van der Waals surface area contributed by atoms with Crippen LogP contribution in [-0.4, -0.2) is 82.8 Å². The molecule has 11 heteroatoms. The second kappa shape index (κ2) is 11.8. The third kappa shape index (κ3) is 5.62. The molecule has 4 heterocycles. The van der Waals surface area contributed by atoms with Crippen LogP contribution < -0.4 is 15.4 Å². The number of aliphatic hydroxyl groups is 1. The van der Waals surface area contributed by atoms with E-state index in [0.29, 0.717) is 23.9 Å². The summed E-state index contributed by atoms with van der Waals surface area (Å²) < 4.78 is 16.4. The van der Waals surface area contributed by atoms with Crippen molar-refractivity contribution in [3.63, 3.8) is 0 Å². The van der Waals surface area contributed by atoms with Crippen LogP contribution in [0.2, 0.25) is 0 Å². The number of benzene rings is 1. The Labute approximate surface area is 234 Å². The van der Waals surface area contributed by atoms with Gasteiger partial charge in [-0.25, -0.2) is 14.8 Å². The SMILES string of the molecule is CNCC(O)COc1cccc(-c2nc(N[C@@H]3C[C@H]4CC[C@@H](C3)N4C(=O)OC)c(C)c(-c3c(C)noc3C)n2)c1. The minimum atomic E-state index is -0.618. The van der Waals surface area contributed by atoms with Gasteiger partial charge in [0, 0.05) is 35.8 Å². The average molecular weight is 551 g/mol. The Hall–Kier alpha value is -3.70. The molecular formula is C29H38N6O5. The molecule has 0 spiro atoms. The lowest BCUT2D eigenvalue weighted by atomic mass is 9.97. The van der Waals surface area contributed by atoms with E-state index in [9.17, 15) is 9.90 Å². The normalized spacial score (nSPS) is 20.9. The summed E-state index contributed by atoms with van der Waals surface area (Å²) in [4.78, 5) is 24.2. The lowest BCUT2D eigenvalue weighted by molar-refractivity contribution is 0.0832. The summed E-state index contributed by atoms with van der Waals surface area (Å²) in [5.74, 6) is 2.60. The smallest absolute Gasteiger partial charge is 0.409 e. The van der Waals surface area contributed by atoms with Crippen molar-refractivity contribution >= 4 is 11.9 Å². The van der Waals surface area contributed by atoms with Crippen LogP contribution in [0.1, 0.15) is 42.7 Å². The molecule has 2 aliphatic heterocycles. The quantitative estimate of drug-likeness (QED) is 0.360. The maximum Gasteiger partial charge on any atom is 0.409 e. The zero-order valence-electron chi connectivity index (χ0n) is 23.7. The van der Waals surface area contributed by atoms with Crippen molar-refractivity contribution in [2.45, 2.75) is 70.7 Å². The first kappa shape index (κ1) is 27.9. The monoisotopic (exact) mass is 550 g/mol. The highest BCUT2D eigenvalue weighted by Crippen LogP contribution is 2.39. The molecule has 11 nitrogen and oxygen atoms in total. The van der Waals surface area contributed by atoms with E-state index in [1.54, 1.807) is 7.05 Å². The Balaban J connectivity index is 1.47. The topological polar surface area (TPSA) is 135 Å². The van der Waals surface area contributed by atoms with Gasteiger partial charge in [0.25, 0.3) is 0 Å². The number of nitrogens with one attached hydrogen (secondary N) is 2. The maximum atomic E-state index is 12.4. The van der Waals surface area contributed by atoms with Gasteiger partial charge in [0.1, 0.15) is 30.0 Å². The number of aliphatic hydroxyl groups excluding tert-OH is 1. The molecule has 0 saturated carbocycles. The molecule has 4 atom stereocenters. The second-order valence-corrected chi connectivity index (χ2v) is 10.7. The highest BCUT2D eigenvalue weighted by atomic mass is 16.5. The van der Waals surface area contributed by atoms with Crippen LogP contribution in [0, 0.1) is 20.8 Å². The molecular weight excluding hydrogens is 512 g/mol. The van der Waals surface area contributed by atoms with E-state index in [4.69, 9.17) is 24.0 Å². The number of methoxy groups -OCH3 is 1. The molecule has 1 unspecified atom stereocenters. The Morgan fingerprint density at radius 2 is 1.95 bits per heavy atom. The van der Waals surface area contributed by atoms with Gasteiger partial charge < -0.3 is 34.6 Å². The standard InChI is InChI=1S/C29H38N6O5/c1-16-26(25-17(2)34-40-18(25)3)32-28(19-7-6-8-24(11-19)39-15-23(36)14-30-4)33-27(16)31-20-12-21-9-10-22(13-20)35(21)29(37)38-5/h6-8,11,20-23,30,36H,9-10,12-15H2,1-5H3,(H,31,32,33)/t20-,21-,22+,23?. The van der Waals surface area contributed by atoms with Gasteiger partial charge in [-0.15, -0.1) is 0 Å². The fourth-order valence-electron chi connectivity index (χ4n) is 5.95. The molecule has 3 N–H and O–H groups in total. The van der Waals surface area contributed by atoms with Crippen molar-refractivity contribution in [1.82, 2.24) is 25.3 Å². The van der Waals surface area contributed by atoms with Crippen LogP contribution in [-0.2, 0) is 4.74 Å². The Morgan fingerprint density at radius 1 is 1.20 bits per heavy atom. The number of rotatable bonds is 9. The first-order valence-electron chi connectivity index (χ1n) is 13.8. The summed E-state index contributed by atoms with van der Waals surface area (Å²) in [6.07, 6.45) is 2.74. The molecule has 1 aromatic carbocycles. The molecule has 5 rings (SSSR count). The van der Waals surface area contributed by atoms with Gasteiger partial charge in [0.05, 0.1) is 24.1 Å². The molecule has 1 amide bonds. The van der Waals surface area contributed by atoms with Crippen LogP contribution in [0.3, 0.4) is 0 Å². The Bertz CT molecular complexity index is 1330. The van der Waals surface area contributed by atoms with Crippen LogP contribution in [0.5, 0.6) is 5.75 Å². The van der Waals surface area contributed by atoms with Crippen molar-refractivity contribution in [3.05, 3.63) is 41.3 Å². The van der Waals surface area contributed by atoms with Crippen LogP contribution in [0.25, 0.3) is 22.6 Å². The number of anilines is 1. The molecule has 2 saturated heterocycles. The number of aromatic nitrogens is 3. The maximum absolute atomic E-state index is 12.4. The molecule has 0 radical (unpaired) electrons. The van der Waals surface area contributed by atoms with Gasteiger partial charge in [0.15, 0.2) is 5.82 Å². The predicted molar refractivity (Wildman–Crippen MR) is 150 cm³/mol. The largest absolute Gasteiger partial charge is 0.491 e. The zero-order chi connectivity index (χ0) is 28.4. The number of likely N-dealkylation sites (N-methyl/N-ethyl adjacent to an activating group) is 1. The van der Waals surface area contributed by atoms with Crippen molar-refractivity contribution in [2.24, 2.45) is 0 Å². The number of carbonyl (C=O) groups excluding carboxylic acids is 1. The van der Waals surface area contributed by atoms with E-state index in [2.05, 4.69) is 15.8 Å². The van der Waals surface area contributed by atoms with E-state index in [-0.39, 0.29) is 30.8 Å². The summed E-state index contributed by atoms with van der Waals surface area (Å²) in [7, 11) is 3.23. The number of nitrogens with zero attached hydrogens (tertiary/aromatic N) is 4. The Morgan fingerprint density at radius 3 is 2.60 bits per heavy atom.